The zero-order chi connectivity index (χ0) is 16.6. The number of hydrogen-bond donors (Lipinski definition) is 2. The highest BCUT2D eigenvalue weighted by Crippen LogP contribution is 2.33. The van der Waals surface area contributed by atoms with Gasteiger partial charge in [0.15, 0.2) is 11.5 Å². The number of carbonyl (C=O) groups is 1. The van der Waals surface area contributed by atoms with E-state index in [0.717, 1.165) is 6.20 Å². The summed E-state index contributed by atoms with van der Waals surface area (Å²) in [6, 6.07) is 1.30. The fraction of sp³-hybridized carbons (Fsp3) is 0.357. The van der Waals surface area contributed by atoms with Crippen LogP contribution in [0.3, 0.4) is 0 Å². The van der Waals surface area contributed by atoms with Crippen LogP contribution < -0.4 is 10.1 Å². The van der Waals surface area contributed by atoms with Crippen LogP contribution >= 0.6 is 0 Å². The van der Waals surface area contributed by atoms with Crippen LogP contribution in [-0.4, -0.2) is 46.1 Å². The highest BCUT2D eigenvalue weighted by Gasteiger charge is 2.27. The van der Waals surface area contributed by atoms with Crippen LogP contribution in [-0.2, 0) is 4.74 Å². The topological polar surface area (TPSA) is 98.5 Å². The van der Waals surface area contributed by atoms with Gasteiger partial charge < -0.3 is 14.6 Å². The number of carboxylic acid groups (broad SMARTS) is 1. The fourth-order valence-corrected chi connectivity index (χ4v) is 2.52. The van der Waals surface area contributed by atoms with E-state index in [4.69, 9.17) is 9.47 Å². The third-order valence-electron chi connectivity index (χ3n) is 3.55. The van der Waals surface area contributed by atoms with Gasteiger partial charge in [-0.1, -0.05) is 0 Å². The van der Waals surface area contributed by atoms with E-state index in [1.165, 1.54) is 17.9 Å². The highest BCUT2D eigenvalue weighted by atomic mass is 19.1. The SMILES string of the molecule is COc1ncc(F)c(-c2cc(C(=O)O)nn2C2NCCO2)c1C. The predicted octanol–water partition coefficient (Wildman–Crippen LogP) is 1.18. The Bertz CT molecular complexity index is 755. The summed E-state index contributed by atoms with van der Waals surface area (Å²) in [5.74, 6) is -1.55. The van der Waals surface area contributed by atoms with Crippen LogP contribution in [0.1, 0.15) is 22.4 Å². The molecule has 122 valence electrons. The maximum Gasteiger partial charge on any atom is 0.356 e. The lowest BCUT2D eigenvalue weighted by Crippen LogP contribution is -2.23. The largest absolute Gasteiger partial charge is 0.481 e. The molecule has 3 heterocycles. The van der Waals surface area contributed by atoms with E-state index < -0.39 is 18.1 Å². The molecule has 1 fully saturated rings. The fourth-order valence-electron chi connectivity index (χ4n) is 2.52. The number of nitrogens with zero attached hydrogens (tertiary/aromatic N) is 3. The third kappa shape index (κ3) is 2.64. The van der Waals surface area contributed by atoms with Crippen molar-refractivity contribution in [2.75, 3.05) is 20.3 Å². The molecule has 0 spiro atoms. The molecular weight excluding hydrogens is 307 g/mol. The van der Waals surface area contributed by atoms with Crippen LogP contribution in [0.4, 0.5) is 4.39 Å². The van der Waals surface area contributed by atoms with Gasteiger partial charge in [0.2, 0.25) is 12.2 Å². The van der Waals surface area contributed by atoms with E-state index in [0.29, 0.717) is 18.7 Å². The quantitative estimate of drug-likeness (QED) is 0.872. The molecule has 23 heavy (non-hydrogen) atoms. The number of halogens is 1. The number of aromatic nitrogens is 3. The molecule has 2 aromatic heterocycles. The van der Waals surface area contributed by atoms with Gasteiger partial charge in [-0.25, -0.2) is 18.9 Å². The summed E-state index contributed by atoms with van der Waals surface area (Å²) in [7, 11) is 1.43. The van der Waals surface area contributed by atoms with E-state index in [9.17, 15) is 14.3 Å². The average Bonchev–Trinajstić information content (AvgIpc) is 3.16. The molecular formula is C14H15FN4O4. The second-order valence-corrected chi connectivity index (χ2v) is 4.96. The van der Waals surface area contributed by atoms with E-state index in [1.54, 1.807) is 6.92 Å². The monoisotopic (exact) mass is 322 g/mol. The molecule has 1 unspecified atom stereocenters. The molecule has 8 nitrogen and oxygen atoms in total. The molecule has 0 bridgehead atoms. The van der Waals surface area contributed by atoms with E-state index >= 15 is 0 Å². The lowest BCUT2D eigenvalue weighted by atomic mass is 10.1. The van der Waals surface area contributed by atoms with Crippen molar-refractivity contribution < 1.29 is 23.8 Å². The Labute approximate surface area is 130 Å². The summed E-state index contributed by atoms with van der Waals surface area (Å²) in [5.41, 5.74) is 0.696. The predicted molar refractivity (Wildman–Crippen MR) is 76.7 cm³/mol. The van der Waals surface area contributed by atoms with E-state index in [-0.39, 0.29) is 22.8 Å². The number of carboxylic acids is 1. The van der Waals surface area contributed by atoms with Gasteiger partial charge in [-0.3, -0.25) is 5.32 Å². The minimum atomic E-state index is -1.21. The standard InChI is InChI=1S/C14H15FN4O4/c1-7-11(8(15)6-17-12(7)22-2)10-5-9(13(20)21)18-19(10)14-16-3-4-23-14/h5-6,14,16H,3-4H2,1-2H3,(H,20,21). The molecule has 2 aromatic rings. The summed E-state index contributed by atoms with van der Waals surface area (Å²) in [6.45, 7) is 2.69. The number of methoxy groups -OCH3 is 1. The molecule has 0 saturated carbocycles. The summed E-state index contributed by atoms with van der Waals surface area (Å²) in [5, 5.41) is 16.2. The smallest absolute Gasteiger partial charge is 0.356 e. The highest BCUT2D eigenvalue weighted by molar-refractivity contribution is 5.87. The first-order valence-electron chi connectivity index (χ1n) is 6.90. The number of rotatable bonds is 4. The molecule has 1 saturated heterocycles. The molecule has 1 aliphatic rings. The van der Waals surface area contributed by atoms with Crippen LogP contribution in [0.15, 0.2) is 12.3 Å². The van der Waals surface area contributed by atoms with Gasteiger partial charge in [-0.15, -0.1) is 0 Å². The van der Waals surface area contributed by atoms with Crippen molar-refractivity contribution in [3.63, 3.8) is 0 Å². The van der Waals surface area contributed by atoms with Crippen molar-refractivity contribution in [2.45, 2.75) is 13.3 Å². The second kappa shape index (κ2) is 5.94. The van der Waals surface area contributed by atoms with Gasteiger partial charge >= 0.3 is 5.97 Å². The van der Waals surface area contributed by atoms with Crippen molar-refractivity contribution >= 4 is 5.97 Å². The van der Waals surface area contributed by atoms with Gasteiger partial charge in [0.1, 0.15) is 0 Å². The molecule has 0 amide bonds. The number of pyridine rings is 1. The number of aromatic carboxylic acids is 1. The molecule has 1 aliphatic heterocycles. The van der Waals surface area contributed by atoms with Gasteiger partial charge in [0.25, 0.3) is 0 Å². The first kappa shape index (κ1) is 15.4. The number of ether oxygens (including phenoxy) is 2. The third-order valence-corrected chi connectivity index (χ3v) is 3.55. The number of nitrogens with one attached hydrogen (secondary N) is 1. The van der Waals surface area contributed by atoms with Gasteiger partial charge in [0.05, 0.1) is 25.6 Å². The van der Waals surface area contributed by atoms with Crippen LogP contribution in [0.2, 0.25) is 0 Å². The van der Waals surface area contributed by atoms with E-state index in [2.05, 4.69) is 15.4 Å². The Morgan fingerprint density at radius 2 is 2.39 bits per heavy atom. The Balaban J connectivity index is 2.21. The first-order chi connectivity index (χ1) is 11.0. The van der Waals surface area contributed by atoms with Crippen molar-refractivity contribution in [1.82, 2.24) is 20.1 Å². The average molecular weight is 322 g/mol. The molecule has 1 atom stereocenters. The normalized spacial score (nSPS) is 17.4. The summed E-state index contributed by atoms with van der Waals surface area (Å²) >= 11 is 0. The van der Waals surface area contributed by atoms with Crippen molar-refractivity contribution in [3.05, 3.63) is 29.3 Å². The molecule has 0 aromatic carbocycles. The maximum absolute atomic E-state index is 14.4. The second-order valence-electron chi connectivity index (χ2n) is 4.96. The Morgan fingerprint density at radius 1 is 1.61 bits per heavy atom. The van der Waals surface area contributed by atoms with Crippen molar-refractivity contribution in [1.29, 1.82) is 0 Å². The minimum absolute atomic E-state index is 0.175. The van der Waals surface area contributed by atoms with Crippen molar-refractivity contribution in [2.24, 2.45) is 0 Å². The first-order valence-corrected chi connectivity index (χ1v) is 6.90. The molecule has 0 radical (unpaired) electrons. The Kier molecular flexibility index (Phi) is 3.97. The van der Waals surface area contributed by atoms with Crippen LogP contribution in [0.5, 0.6) is 5.88 Å². The van der Waals surface area contributed by atoms with Crippen LogP contribution in [0.25, 0.3) is 11.3 Å². The summed E-state index contributed by atoms with van der Waals surface area (Å²) in [4.78, 5) is 15.1. The Hall–Kier alpha value is -2.52. The zero-order valence-electron chi connectivity index (χ0n) is 12.5. The van der Waals surface area contributed by atoms with E-state index in [1.807, 2.05) is 0 Å². The number of hydrogen-bond acceptors (Lipinski definition) is 6. The zero-order valence-corrected chi connectivity index (χ0v) is 12.5. The Morgan fingerprint density at radius 3 is 3.00 bits per heavy atom. The minimum Gasteiger partial charge on any atom is -0.481 e. The van der Waals surface area contributed by atoms with Gasteiger partial charge in [-0.05, 0) is 13.0 Å². The van der Waals surface area contributed by atoms with Crippen molar-refractivity contribution in [3.8, 4) is 17.1 Å². The maximum atomic E-state index is 14.4. The summed E-state index contributed by atoms with van der Waals surface area (Å²) in [6.07, 6.45) is 0.373. The van der Waals surface area contributed by atoms with Gasteiger partial charge in [0, 0.05) is 17.7 Å². The molecule has 9 heteroatoms. The summed E-state index contributed by atoms with van der Waals surface area (Å²) < 4.78 is 26.3. The molecule has 2 N–H and O–H groups in total. The lowest BCUT2D eigenvalue weighted by Gasteiger charge is -2.16. The lowest BCUT2D eigenvalue weighted by molar-refractivity contribution is 0.0350. The van der Waals surface area contributed by atoms with Crippen LogP contribution in [0, 0.1) is 12.7 Å². The molecule has 3 rings (SSSR count). The van der Waals surface area contributed by atoms with Gasteiger partial charge in [-0.2, -0.15) is 5.10 Å². The molecule has 0 aliphatic carbocycles.